The van der Waals surface area contributed by atoms with Crippen LogP contribution in [0, 0.1) is 17.0 Å². The molecule has 0 unspecified atom stereocenters. The molecule has 0 radical (unpaired) electrons. The number of aryl methyl sites for hydroxylation is 1. The molecule has 7 nitrogen and oxygen atoms in total. The Balaban J connectivity index is 3.18. The SMILES string of the molecule is CC(=O)CNS(=O)(=O)c1cc([N+](=O)[O-])ccc1C. The Labute approximate surface area is 104 Å². The molecule has 0 aromatic heterocycles. The normalized spacial score (nSPS) is 11.2. The molecule has 1 rings (SSSR count). The van der Waals surface area contributed by atoms with Crippen molar-refractivity contribution in [3.05, 3.63) is 33.9 Å². The maximum absolute atomic E-state index is 11.8. The summed E-state index contributed by atoms with van der Waals surface area (Å²) in [7, 11) is -3.92. The van der Waals surface area contributed by atoms with Gasteiger partial charge in [0.15, 0.2) is 0 Å². The molecule has 0 heterocycles. The molecule has 0 atom stereocenters. The summed E-state index contributed by atoms with van der Waals surface area (Å²) in [5, 5.41) is 10.6. The van der Waals surface area contributed by atoms with Gasteiger partial charge in [0.25, 0.3) is 5.69 Å². The lowest BCUT2D eigenvalue weighted by molar-refractivity contribution is -0.385. The minimum absolute atomic E-state index is 0.196. The number of hydrogen-bond donors (Lipinski definition) is 1. The first-order chi connectivity index (χ1) is 8.24. The van der Waals surface area contributed by atoms with Crippen molar-refractivity contribution in [1.29, 1.82) is 0 Å². The van der Waals surface area contributed by atoms with Crippen LogP contribution in [-0.2, 0) is 14.8 Å². The van der Waals surface area contributed by atoms with Gasteiger partial charge in [0.05, 0.1) is 16.4 Å². The number of hydrogen-bond acceptors (Lipinski definition) is 5. The highest BCUT2D eigenvalue weighted by atomic mass is 32.2. The van der Waals surface area contributed by atoms with Gasteiger partial charge in [-0.1, -0.05) is 6.07 Å². The summed E-state index contributed by atoms with van der Waals surface area (Å²) in [6.45, 7) is 2.42. The molecule has 0 amide bonds. The first kappa shape index (κ1) is 14.3. The molecular formula is C10H12N2O5S. The van der Waals surface area contributed by atoms with Crippen LogP contribution in [0.25, 0.3) is 0 Å². The Hall–Kier alpha value is -1.80. The fourth-order valence-electron chi connectivity index (χ4n) is 1.27. The van der Waals surface area contributed by atoms with E-state index in [0.29, 0.717) is 5.56 Å². The number of nitrogens with zero attached hydrogens (tertiary/aromatic N) is 1. The summed E-state index contributed by atoms with van der Waals surface area (Å²) in [6.07, 6.45) is 0. The van der Waals surface area contributed by atoms with Crippen LogP contribution in [0.5, 0.6) is 0 Å². The number of nitro benzene ring substituents is 1. The van der Waals surface area contributed by atoms with Crippen molar-refractivity contribution in [2.45, 2.75) is 18.7 Å². The lowest BCUT2D eigenvalue weighted by atomic mass is 10.2. The van der Waals surface area contributed by atoms with Gasteiger partial charge in [-0.2, -0.15) is 0 Å². The van der Waals surface area contributed by atoms with E-state index < -0.39 is 14.9 Å². The second-order valence-corrected chi connectivity index (χ2v) is 5.47. The number of ketones is 1. The van der Waals surface area contributed by atoms with Crippen LogP contribution in [0.4, 0.5) is 5.69 Å². The molecule has 1 aromatic carbocycles. The zero-order valence-corrected chi connectivity index (χ0v) is 10.7. The first-order valence-electron chi connectivity index (χ1n) is 4.98. The summed E-state index contributed by atoms with van der Waals surface area (Å²) in [4.78, 5) is 20.5. The van der Waals surface area contributed by atoms with Crippen molar-refractivity contribution < 1.29 is 18.1 Å². The average molecular weight is 272 g/mol. The number of nitro groups is 1. The third kappa shape index (κ3) is 3.34. The molecule has 8 heteroatoms. The monoisotopic (exact) mass is 272 g/mol. The summed E-state index contributed by atoms with van der Waals surface area (Å²) in [5.74, 6) is -0.346. The van der Waals surface area contributed by atoms with Crippen LogP contribution in [0.2, 0.25) is 0 Å². The summed E-state index contributed by atoms with van der Waals surface area (Å²) in [6, 6.07) is 3.54. The Morgan fingerprint density at radius 3 is 2.56 bits per heavy atom. The van der Waals surface area contributed by atoms with Gasteiger partial charge in [-0.15, -0.1) is 0 Å². The van der Waals surface area contributed by atoms with Crippen molar-refractivity contribution in [3.8, 4) is 0 Å². The van der Waals surface area contributed by atoms with E-state index in [4.69, 9.17) is 0 Å². The van der Waals surface area contributed by atoms with Crippen molar-refractivity contribution in [2.75, 3.05) is 6.54 Å². The van der Waals surface area contributed by atoms with E-state index in [9.17, 15) is 23.3 Å². The van der Waals surface area contributed by atoms with E-state index >= 15 is 0 Å². The molecule has 0 aliphatic rings. The zero-order valence-electron chi connectivity index (χ0n) is 9.84. The number of carbonyl (C=O) groups is 1. The number of sulfonamides is 1. The van der Waals surface area contributed by atoms with E-state index in [0.717, 1.165) is 6.07 Å². The quantitative estimate of drug-likeness (QED) is 0.629. The van der Waals surface area contributed by atoms with Gasteiger partial charge in [-0.25, -0.2) is 13.1 Å². The number of non-ortho nitro benzene ring substituents is 1. The van der Waals surface area contributed by atoms with E-state index in [1.807, 2.05) is 0 Å². The Kier molecular flexibility index (Phi) is 4.15. The van der Waals surface area contributed by atoms with Crippen LogP contribution < -0.4 is 4.72 Å². The lowest BCUT2D eigenvalue weighted by Crippen LogP contribution is -2.29. The Morgan fingerprint density at radius 2 is 2.06 bits per heavy atom. The van der Waals surface area contributed by atoms with Gasteiger partial charge in [0, 0.05) is 12.1 Å². The molecule has 1 N–H and O–H groups in total. The third-order valence-electron chi connectivity index (χ3n) is 2.18. The van der Waals surface area contributed by atoms with Crippen LogP contribution >= 0.6 is 0 Å². The Bertz CT molecular complexity index is 594. The number of Topliss-reactive ketones (excluding diaryl/α,β-unsaturated/α-hetero) is 1. The van der Waals surface area contributed by atoms with E-state index in [-0.39, 0.29) is 22.9 Å². The van der Waals surface area contributed by atoms with Gasteiger partial charge in [0.1, 0.15) is 5.78 Å². The maximum Gasteiger partial charge on any atom is 0.270 e. The van der Waals surface area contributed by atoms with Crippen LogP contribution in [0.1, 0.15) is 12.5 Å². The summed E-state index contributed by atoms with van der Waals surface area (Å²) < 4.78 is 25.8. The number of carbonyl (C=O) groups excluding carboxylic acids is 1. The number of nitrogens with one attached hydrogen (secondary N) is 1. The molecule has 0 spiro atoms. The molecule has 98 valence electrons. The molecule has 0 aliphatic carbocycles. The molecule has 0 saturated carbocycles. The zero-order chi connectivity index (χ0) is 13.9. The average Bonchev–Trinajstić information content (AvgIpc) is 2.26. The smallest absolute Gasteiger partial charge is 0.270 e. The second kappa shape index (κ2) is 5.23. The largest absolute Gasteiger partial charge is 0.299 e. The van der Waals surface area contributed by atoms with Crippen molar-refractivity contribution >= 4 is 21.5 Å². The molecule has 0 saturated heterocycles. The highest BCUT2D eigenvalue weighted by Gasteiger charge is 2.20. The van der Waals surface area contributed by atoms with E-state index in [2.05, 4.69) is 4.72 Å². The van der Waals surface area contributed by atoms with Crippen molar-refractivity contribution in [3.63, 3.8) is 0 Å². The fourth-order valence-corrected chi connectivity index (χ4v) is 2.58. The van der Waals surface area contributed by atoms with Crippen LogP contribution in [-0.4, -0.2) is 25.7 Å². The maximum atomic E-state index is 11.8. The molecule has 1 aromatic rings. The predicted octanol–water partition coefficient (Wildman–Crippen LogP) is 0.771. The van der Waals surface area contributed by atoms with Crippen LogP contribution in [0.3, 0.4) is 0 Å². The first-order valence-corrected chi connectivity index (χ1v) is 6.46. The second-order valence-electron chi connectivity index (χ2n) is 3.73. The minimum Gasteiger partial charge on any atom is -0.299 e. The Morgan fingerprint density at radius 1 is 1.44 bits per heavy atom. The van der Waals surface area contributed by atoms with Crippen molar-refractivity contribution in [2.24, 2.45) is 0 Å². The van der Waals surface area contributed by atoms with Gasteiger partial charge in [-0.05, 0) is 19.4 Å². The summed E-state index contributed by atoms with van der Waals surface area (Å²) >= 11 is 0. The highest BCUT2D eigenvalue weighted by molar-refractivity contribution is 7.89. The third-order valence-corrected chi connectivity index (χ3v) is 3.73. The van der Waals surface area contributed by atoms with Gasteiger partial charge in [-0.3, -0.25) is 14.9 Å². The molecule has 0 aliphatic heterocycles. The van der Waals surface area contributed by atoms with E-state index in [1.165, 1.54) is 26.0 Å². The van der Waals surface area contributed by atoms with Gasteiger partial charge in [0.2, 0.25) is 10.0 Å². The predicted molar refractivity (Wildman–Crippen MR) is 63.7 cm³/mol. The van der Waals surface area contributed by atoms with Crippen molar-refractivity contribution in [1.82, 2.24) is 4.72 Å². The van der Waals surface area contributed by atoms with Crippen LogP contribution in [0.15, 0.2) is 23.1 Å². The highest BCUT2D eigenvalue weighted by Crippen LogP contribution is 2.21. The van der Waals surface area contributed by atoms with Gasteiger partial charge < -0.3 is 0 Å². The number of benzene rings is 1. The molecule has 18 heavy (non-hydrogen) atoms. The molecular weight excluding hydrogens is 260 g/mol. The lowest BCUT2D eigenvalue weighted by Gasteiger charge is -2.07. The molecule has 0 bridgehead atoms. The standard InChI is InChI=1S/C10H12N2O5S/c1-7-3-4-9(12(14)15)5-10(7)18(16,17)11-6-8(2)13/h3-5,11H,6H2,1-2H3. The molecule has 0 fully saturated rings. The topological polar surface area (TPSA) is 106 Å². The van der Waals surface area contributed by atoms with Gasteiger partial charge >= 0.3 is 0 Å². The summed E-state index contributed by atoms with van der Waals surface area (Å²) in [5.41, 5.74) is 0.0560. The number of rotatable bonds is 5. The minimum atomic E-state index is -3.92. The fraction of sp³-hybridized carbons (Fsp3) is 0.300. The van der Waals surface area contributed by atoms with E-state index in [1.54, 1.807) is 0 Å².